The van der Waals surface area contributed by atoms with E-state index in [1.165, 1.54) is 6.92 Å². The van der Waals surface area contributed by atoms with Gasteiger partial charge in [0.2, 0.25) is 0 Å². The lowest BCUT2D eigenvalue weighted by molar-refractivity contribution is -0.145. The summed E-state index contributed by atoms with van der Waals surface area (Å²) in [5.74, 6) is -1.07. The summed E-state index contributed by atoms with van der Waals surface area (Å²) in [5.41, 5.74) is -4.26. The van der Waals surface area contributed by atoms with Crippen LogP contribution in [0, 0.1) is 0 Å². The lowest BCUT2D eigenvalue weighted by atomic mass is 10.0. The third-order valence-corrected chi connectivity index (χ3v) is 5.47. The molecule has 15 heteroatoms. The molecule has 2 aromatic rings. The minimum atomic E-state index is -5.34. The van der Waals surface area contributed by atoms with Crippen molar-refractivity contribution in [3.8, 4) is 11.4 Å². The van der Waals surface area contributed by atoms with Gasteiger partial charge in [-0.2, -0.15) is 39.5 Å². The predicted molar refractivity (Wildman–Crippen MR) is 94.4 cm³/mol. The molecule has 0 fully saturated rings. The van der Waals surface area contributed by atoms with Crippen molar-refractivity contribution in [2.75, 3.05) is 5.73 Å². The van der Waals surface area contributed by atoms with Crippen LogP contribution < -0.4 is 11.3 Å². The van der Waals surface area contributed by atoms with Gasteiger partial charge in [0.1, 0.15) is 11.5 Å². The highest BCUT2D eigenvalue weighted by atomic mass is 79.9. The first-order valence-electron chi connectivity index (χ1n) is 7.57. The molecule has 2 rings (SSSR count). The molecule has 0 radical (unpaired) electrons. The van der Waals surface area contributed by atoms with E-state index in [2.05, 4.69) is 36.8 Å². The van der Waals surface area contributed by atoms with E-state index < -0.39 is 73.5 Å². The molecule has 0 saturated heterocycles. The summed E-state index contributed by atoms with van der Waals surface area (Å²) in [4.78, 5) is 15.3. The van der Waals surface area contributed by atoms with Gasteiger partial charge in [-0.1, -0.05) is 0 Å². The SMILES string of the molecule is CCn1c(-c2cc(C(F)(F)F)c(Br)c(C(F)(F)F)c2Br)nc(C(F)(F)F)c(N)c1=O. The van der Waals surface area contributed by atoms with E-state index >= 15 is 0 Å². The molecule has 0 unspecified atom stereocenters. The molecule has 0 amide bonds. The monoisotopic (exact) mass is 575 g/mol. The summed E-state index contributed by atoms with van der Waals surface area (Å²) < 4.78 is 118. The summed E-state index contributed by atoms with van der Waals surface area (Å²) in [6.07, 6.45) is -15.9. The van der Waals surface area contributed by atoms with Crippen LogP contribution in [-0.2, 0) is 25.1 Å². The second-order valence-corrected chi connectivity index (χ2v) is 7.30. The number of benzene rings is 1. The number of nitrogens with zero attached hydrogens (tertiary/aromatic N) is 2. The Kier molecular flexibility index (Phi) is 6.31. The molecule has 0 spiro atoms. The average molecular weight is 577 g/mol. The fourth-order valence-corrected chi connectivity index (χ4v) is 4.28. The highest BCUT2D eigenvalue weighted by molar-refractivity contribution is 9.11. The standard InChI is InChI=1S/C15H8Br2F9N3O/c1-2-29-11(28-10(15(24,25)26)9(27)12(29)30)4-3-5(13(18,19)20)8(17)6(7(4)16)14(21,22)23/h3H,2,27H2,1H3. The maximum atomic E-state index is 13.5. The van der Waals surface area contributed by atoms with Crippen molar-refractivity contribution in [2.24, 2.45) is 0 Å². The Balaban J connectivity index is 3.12. The van der Waals surface area contributed by atoms with E-state index in [0.29, 0.717) is 4.57 Å². The number of hydrogen-bond donors (Lipinski definition) is 1. The van der Waals surface area contributed by atoms with Gasteiger partial charge >= 0.3 is 18.5 Å². The van der Waals surface area contributed by atoms with Gasteiger partial charge < -0.3 is 5.73 Å². The number of rotatable bonds is 2. The summed E-state index contributed by atoms with van der Waals surface area (Å²) >= 11 is 4.76. The van der Waals surface area contributed by atoms with Crippen LogP contribution in [-0.4, -0.2) is 9.55 Å². The molecular formula is C15H8Br2F9N3O. The molecule has 30 heavy (non-hydrogen) atoms. The number of nitrogen functional groups attached to an aromatic ring is 1. The predicted octanol–water partition coefficient (Wildman–Crippen LogP) is 6.09. The van der Waals surface area contributed by atoms with Gasteiger partial charge in [-0.15, -0.1) is 0 Å². The van der Waals surface area contributed by atoms with Crippen molar-refractivity contribution in [3.05, 3.63) is 42.2 Å². The molecule has 1 aromatic heterocycles. The Morgan fingerprint density at radius 1 is 0.967 bits per heavy atom. The molecule has 0 atom stereocenters. The van der Waals surface area contributed by atoms with Gasteiger partial charge in [0.05, 0.1) is 11.1 Å². The highest BCUT2D eigenvalue weighted by Gasteiger charge is 2.44. The van der Waals surface area contributed by atoms with Crippen molar-refractivity contribution in [3.63, 3.8) is 0 Å². The van der Waals surface area contributed by atoms with Gasteiger partial charge in [0, 0.05) is 21.1 Å². The maximum absolute atomic E-state index is 13.5. The first-order chi connectivity index (χ1) is 13.4. The maximum Gasteiger partial charge on any atom is 0.435 e. The Hall–Kier alpha value is -1.77. The van der Waals surface area contributed by atoms with Gasteiger partial charge in [-0.3, -0.25) is 9.36 Å². The minimum absolute atomic E-state index is 0.160. The van der Waals surface area contributed by atoms with E-state index in [9.17, 15) is 44.3 Å². The fraction of sp³-hybridized carbons (Fsp3) is 0.333. The van der Waals surface area contributed by atoms with Crippen LogP contribution in [0.4, 0.5) is 45.2 Å². The van der Waals surface area contributed by atoms with Crippen molar-refractivity contribution >= 4 is 37.5 Å². The smallest absolute Gasteiger partial charge is 0.392 e. The first kappa shape index (κ1) is 24.5. The minimum Gasteiger partial charge on any atom is -0.392 e. The average Bonchev–Trinajstić information content (AvgIpc) is 2.54. The number of hydrogen-bond acceptors (Lipinski definition) is 3. The second kappa shape index (κ2) is 7.73. The third-order valence-electron chi connectivity index (χ3n) is 3.82. The molecule has 0 aliphatic rings. The molecule has 0 aliphatic carbocycles. The molecular weight excluding hydrogens is 569 g/mol. The number of aromatic nitrogens is 2. The molecule has 166 valence electrons. The molecule has 4 nitrogen and oxygen atoms in total. The van der Waals surface area contributed by atoms with E-state index in [1.807, 2.05) is 0 Å². The quantitative estimate of drug-likeness (QED) is 0.440. The summed E-state index contributed by atoms with van der Waals surface area (Å²) in [7, 11) is 0. The zero-order chi connectivity index (χ0) is 23.4. The Morgan fingerprint density at radius 3 is 1.90 bits per heavy atom. The zero-order valence-electron chi connectivity index (χ0n) is 14.3. The molecule has 0 saturated carbocycles. The number of halogens is 11. The van der Waals surface area contributed by atoms with E-state index in [4.69, 9.17) is 5.73 Å². The van der Waals surface area contributed by atoms with Crippen molar-refractivity contribution in [2.45, 2.75) is 32.0 Å². The summed E-state index contributed by atoms with van der Waals surface area (Å²) in [5, 5.41) is 0. The van der Waals surface area contributed by atoms with Gasteiger partial charge in [-0.25, -0.2) is 4.98 Å². The fourth-order valence-electron chi connectivity index (χ4n) is 2.54. The van der Waals surface area contributed by atoms with Crippen LogP contribution >= 0.6 is 31.9 Å². The van der Waals surface area contributed by atoms with Gasteiger partial charge in [0.25, 0.3) is 5.56 Å². The zero-order valence-corrected chi connectivity index (χ0v) is 17.5. The summed E-state index contributed by atoms with van der Waals surface area (Å²) in [6, 6.07) is 0.160. The lowest BCUT2D eigenvalue weighted by Crippen LogP contribution is -2.30. The summed E-state index contributed by atoms with van der Waals surface area (Å²) in [6.45, 7) is 0.788. The number of alkyl halides is 9. The van der Waals surface area contributed by atoms with Crippen LogP contribution in [0.25, 0.3) is 11.4 Å². The number of anilines is 1. The van der Waals surface area contributed by atoms with E-state index in [1.54, 1.807) is 0 Å². The van der Waals surface area contributed by atoms with Crippen LogP contribution in [0.5, 0.6) is 0 Å². The number of nitrogens with two attached hydrogens (primary N) is 1. The molecule has 1 heterocycles. The Bertz CT molecular complexity index is 1060. The van der Waals surface area contributed by atoms with Crippen LogP contribution in [0.2, 0.25) is 0 Å². The van der Waals surface area contributed by atoms with Crippen molar-refractivity contribution in [1.29, 1.82) is 0 Å². The van der Waals surface area contributed by atoms with Crippen LogP contribution in [0.3, 0.4) is 0 Å². The molecule has 0 bridgehead atoms. The second-order valence-electron chi connectivity index (χ2n) is 5.72. The third kappa shape index (κ3) is 4.31. The van der Waals surface area contributed by atoms with Gasteiger partial charge in [-0.05, 0) is 44.8 Å². The van der Waals surface area contributed by atoms with E-state index in [0.717, 1.165) is 0 Å². The first-order valence-corrected chi connectivity index (χ1v) is 9.15. The van der Waals surface area contributed by atoms with E-state index in [-0.39, 0.29) is 6.07 Å². The lowest BCUT2D eigenvalue weighted by Gasteiger charge is -2.21. The normalized spacial score (nSPS) is 13.1. The van der Waals surface area contributed by atoms with Crippen LogP contribution in [0.15, 0.2) is 19.8 Å². The molecule has 2 N–H and O–H groups in total. The van der Waals surface area contributed by atoms with Gasteiger partial charge in [0.15, 0.2) is 5.69 Å². The van der Waals surface area contributed by atoms with Crippen molar-refractivity contribution in [1.82, 2.24) is 9.55 Å². The molecule has 1 aromatic carbocycles. The topological polar surface area (TPSA) is 60.9 Å². The largest absolute Gasteiger partial charge is 0.435 e. The van der Waals surface area contributed by atoms with Crippen molar-refractivity contribution < 1.29 is 39.5 Å². The highest BCUT2D eigenvalue weighted by Crippen LogP contribution is 2.49. The Labute approximate surface area is 178 Å². The van der Waals surface area contributed by atoms with Crippen LogP contribution in [0.1, 0.15) is 23.7 Å². The molecule has 0 aliphatic heterocycles. The Morgan fingerprint density at radius 2 is 1.50 bits per heavy atom.